The number of likely N-dealkylation sites (N-methyl/N-ethyl adjacent to an activating group) is 1. The van der Waals surface area contributed by atoms with Gasteiger partial charge >= 0.3 is 12.0 Å². The molecular formula is C12H20N2O3. The van der Waals surface area contributed by atoms with Crippen molar-refractivity contribution in [3.8, 4) is 0 Å². The van der Waals surface area contributed by atoms with Crippen LogP contribution in [0, 0.1) is 5.92 Å². The van der Waals surface area contributed by atoms with Crippen LogP contribution in [0.15, 0.2) is 0 Å². The number of carbonyl (C=O) groups is 2. The molecule has 5 heteroatoms. The summed E-state index contributed by atoms with van der Waals surface area (Å²) < 4.78 is 0. The van der Waals surface area contributed by atoms with E-state index in [1.807, 2.05) is 0 Å². The number of carboxylic acid groups (broad SMARTS) is 1. The van der Waals surface area contributed by atoms with E-state index in [-0.39, 0.29) is 12.1 Å². The molecule has 0 aromatic rings. The van der Waals surface area contributed by atoms with Crippen LogP contribution < -0.4 is 0 Å². The normalized spacial score (nSPS) is 26.3. The molecule has 17 heavy (non-hydrogen) atoms. The molecule has 5 nitrogen and oxygen atoms in total. The first kappa shape index (κ1) is 12.2. The number of amides is 2. The molecule has 0 radical (unpaired) electrons. The molecule has 2 rings (SSSR count). The molecular weight excluding hydrogens is 220 g/mol. The lowest BCUT2D eigenvalue weighted by Gasteiger charge is -2.34. The quantitative estimate of drug-likeness (QED) is 0.810. The molecule has 1 unspecified atom stereocenters. The Bertz CT molecular complexity index is 350. The van der Waals surface area contributed by atoms with Crippen molar-refractivity contribution in [2.24, 2.45) is 5.92 Å². The molecule has 1 aliphatic carbocycles. The summed E-state index contributed by atoms with van der Waals surface area (Å²) >= 11 is 0. The third-order valence-electron chi connectivity index (χ3n) is 4.29. The number of hydrogen-bond donors (Lipinski definition) is 1. The molecule has 1 atom stereocenters. The average molecular weight is 240 g/mol. The van der Waals surface area contributed by atoms with Gasteiger partial charge in [0.15, 0.2) is 0 Å². The predicted molar refractivity (Wildman–Crippen MR) is 62.7 cm³/mol. The zero-order valence-corrected chi connectivity index (χ0v) is 10.6. The summed E-state index contributed by atoms with van der Waals surface area (Å²) in [5.41, 5.74) is -1.12. The van der Waals surface area contributed by atoms with Gasteiger partial charge in [0.25, 0.3) is 0 Å². The van der Waals surface area contributed by atoms with E-state index in [9.17, 15) is 14.7 Å². The monoisotopic (exact) mass is 240 g/mol. The van der Waals surface area contributed by atoms with E-state index in [0.717, 1.165) is 12.8 Å². The summed E-state index contributed by atoms with van der Waals surface area (Å²) in [6.45, 7) is 3.72. The highest BCUT2D eigenvalue weighted by Crippen LogP contribution is 2.36. The standard InChI is InChI=1S/C12H20N2O3/c1-12(2,10(15)16)14-7-9(8-5-4-6-8)13(3)11(14)17/h8-9H,4-7H2,1-3H3,(H,15,16). The summed E-state index contributed by atoms with van der Waals surface area (Å²) in [7, 11) is 1.78. The maximum absolute atomic E-state index is 12.1. The van der Waals surface area contributed by atoms with Crippen molar-refractivity contribution in [1.82, 2.24) is 9.80 Å². The third kappa shape index (κ3) is 1.77. The summed E-state index contributed by atoms with van der Waals surface area (Å²) in [5.74, 6) is -0.396. The number of hydrogen-bond acceptors (Lipinski definition) is 2. The van der Waals surface area contributed by atoms with Gasteiger partial charge in [-0.15, -0.1) is 0 Å². The maximum atomic E-state index is 12.1. The molecule has 96 valence electrons. The van der Waals surface area contributed by atoms with Crippen LogP contribution in [0.1, 0.15) is 33.1 Å². The van der Waals surface area contributed by atoms with Crippen LogP contribution in [0.2, 0.25) is 0 Å². The number of rotatable bonds is 3. The fourth-order valence-electron chi connectivity index (χ4n) is 2.59. The van der Waals surface area contributed by atoms with Gasteiger partial charge in [-0.3, -0.25) is 0 Å². The molecule has 1 N–H and O–H groups in total. The minimum absolute atomic E-state index is 0.158. The summed E-state index contributed by atoms with van der Waals surface area (Å²) in [5, 5.41) is 9.19. The Morgan fingerprint density at radius 1 is 1.41 bits per heavy atom. The van der Waals surface area contributed by atoms with E-state index in [4.69, 9.17) is 0 Å². The lowest BCUT2D eigenvalue weighted by atomic mass is 9.79. The van der Waals surface area contributed by atoms with E-state index in [1.54, 1.807) is 25.8 Å². The maximum Gasteiger partial charge on any atom is 0.329 e. The van der Waals surface area contributed by atoms with Gasteiger partial charge in [0.2, 0.25) is 0 Å². The zero-order valence-electron chi connectivity index (χ0n) is 10.6. The van der Waals surface area contributed by atoms with Gasteiger partial charge < -0.3 is 14.9 Å². The molecule has 1 saturated carbocycles. The molecule has 2 fully saturated rings. The van der Waals surface area contributed by atoms with Gasteiger partial charge in [-0.25, -0.2) is 9.59 Å². The van der Waals surface area contributed by atoms with Crippen LogP contribution in [-0.4, -0.2) is 52.1 Å². The Labute approximate surface area is 101 Å². The molecule has 2 amide bonds. The van der Waals surface area contributed by atoms with E-state index in [0.29, 0.717) is 12.5 Å². The Morgan fingerprint density at radius 3 is 2.41 bits per heavy atom. The second-order valence-corrected chi connectivity index (χ2v) is 5.63. The van der Waals surface area contributed by atoms with E-state index in [1.165, 1.54) is 11.3 Å². The molecule has 0 aromatic carbocycles. The first-order valence-corrected chi connectivity index (χ1v) is 6.13. The lowest BCUT2D eigenvalue weighted by molar-refractivity contribution is -0.147. The minimum Gasteiger partial charge on any atom is -0.480 e. The van der Waals surface area contributed by atoms with Crippen molar-refractivity contribution in [2.75, 3.05) is 13.6 Å². The van der Waals surface area contributed by atoms with Crippen molar-refractivity contribution in [1.29, 1.82) is 0 Å². The van der Waals surface area contributed by atoms with Crippen molar-refractivity contribution in [3.05, 3.63) is 0 Å². The highest BCUT2D eigenvalue weighted by Gasteiger charge is 2.48. The van der Waals surface area contributed by atoms with Crippen LogP contribution in [0.25, 0.3) is 0 Å². The fraction of sp³-hybridized carbons (Fsp3) is 0.833. The second kappa shape index (κ2) is 3.89. The van der Waals surface area contributed by atoms with Gasteiger partial charge in [0.05, 0.1) is 6.04 Å². The Hall–Kier alpha value is -1.26. The first-order chi connectivity index (χ1) is 7.85. The Morgan fingerprint density at radius 2 is 2.00 bits per heavy atom. The number of nitrogens with zero attached hydrogens (tertiary/aromatic N) is 2. The molecule has 1 saturated heterocycles. The summed E-state index contributed by atoms with van der Waals surface area (Å²) in [6.07, 6.45) is 3.54. The lowest BCUT2D eigenvalue weighted by Crippen LogP contribution is -2.51. The molecule has 1 heterocycles. The van der Waals surface area contributed by atoms with Gasteiger partial charge in [-0.1, -0.05) is 6.42 Å². The highest BCUT2D eigenvalue weighted by molar-refractivity contribution is 5.87. The average Bonchev–Trinajstić information content (AvgIpc) is 2.44. The van der Waals surface area contributed by atoms with E-state index >= 15 is 0 Å². The minimum atomic E-state index is -1.12. The number of urea groups is 1. The number of aliphatic carboxylic acids is 1. The van der Waals surface area contributed by atoms with Gasteiger partial charge in [-0.05, 0) is 32.6 Å². The van der Waals surface area contributed by atoms with Gasteiger partial charge in [0.1, 0.15) is 5.54 Å². The fourth-order valence-corrected chi connectivity index (χ4v) is 2.59. The molecule has 2 aliphatic rings. The van der Waals surface area contributed by atoms with Crippen molar-refractivity contribution < 1.29 is 14.7 Å². The van der Waals surface area contributed by atoms with Gasteiger partial charge in [-0.2, -0.15) is 0 Å². The largest absolute Gasteiger partial charge is 0.480 e. The van der Waals surface area contributed by atoms with E-state index < -0.39 is 11.5 Å². The second-order valence-electron chi connectivity index (χ2n) is 5.63. The molecule has 1 aliphatic heterocycles. The molecule has 0 bridgehead atoms. The van der Waals surface area contributed by atoms with Crippen LogP contribution >= 0.6 is 0 Å². The highest BCUT2D eigenvalue weighted by atomic mass is 16.4. The first-order valence-electron chi connectivity index (χ1n) is 6.13. The van der Waals surface area contributed by atoms with Crippen molar-refractivity contribution in [2.45, 2.75) is 44.7 Å². The summed E-state index contributed by atoms with van der Waals surface area (Å²) in [4.78, 5) is 26.5. The predicted octanol–water partition coefficient (Wildman–Crippen LogP) is 1.39. The third-order valence-corrected chi connectivity index (χ3v) is 4.29. The zero-order chi connectivity index (χ0) is 12.8. The number of carboxylic acids is 1. The van der Waals surface area contributed by atoms with E-state index in [2.05, 4.69) is 0 Å². The number of carbonyl (C=O) groups excluding carboxylic acids is 1. The van der Waals surface area contributed by atoms with Crippen LogP contribution in [0.3, 0.4) is 0 Å². The Kier molecular flexibility index (Phi) is 2.79. The topological polar surface area (TPSA) is 60.9 Å². The van der Waals surface area contributed by atoms with Crippen LogP contribution in [0.4, 0.5) is 4.79 Å². The van der Waals surface area contributed by atoms with Gasteiger partial charge in [0, 0.05) is 13.6 Å². The molecule has 0 aromatic heterocycles. The molecule has 0 spiro atoms. The SMILES string of the molecule is CN1C(=O)N(C(C)(C)C(=O)O)CC1C1CCC1. The van der Waals surface area contributed by atoms with Crippen LogP contribution in [-0.2, 0) is 4.79 Å². The van der Waals surface area contributed by atoms with Crippen LogP contribution in [0.5, 0.6) is 0 Å². The van der Waals surface area contributed by atoms with Crippen molar-refractivity contribution in [3.63, 3.8) is 0 Å². The van der Waals surface area contributed by atoms with Crippen molar-refractivity contribution >= 4 is 12.0 Å². The summed E-state index contributed by atoms with van der Waals surface area (Å²) in [6, 6.07) is 0.0316. The smallest absolute Gasteiger partial charge is 0.329 e. The Balaban J connectivity index is 2.16.